The Balaban J connectivity index is 0.00000137. The van der Waals surface area contributed by atoms with Crippen LogP contribution in [0.3, 0.4) is 0 Å². The van der Waals surface area contributed by atoms with Crippen molar-refractivity contribution in [2.24, 2.45) is 0 Å². The molecule has 2 heterocycles. The largest absolute Gasteiger partial charge is 0.857 e. The van der Waals surface area contributed by atoms with Crippen LogP contribution in [0.5, 0.6) is 0 Å². The summed E-state index contributed by atoms with van der Waals surface area (Å²) in [7, 11) is 5.23. The number of hydrogen-bond donors (Lipinski definition) is 0. The molecular formula is C34H38N2O. The SMILES string of the molecule is CN1c2ccc3ccccc3c2C(C)(C)[C@H]1CC=CC1=[N+](C)c2ccc3ccccc3c2C1(C)C.C[O-]. The summed E-state index contributed by atoms with van der Waals surface area (Å²) in [5.74, 6) is 0. The summed E-state index contributed by atoms with van der Waals surface area (Å²) in [5, 5.41) is 13.7. The van der Waals surface area contributed by atoms with Gasteiger partial charge in [0.15, 0.2) is 5.71 Å². The first-order valence-corrected chi connectivity index (χ1v) is 13.2. The molecule has 1 atom stereocenters. The van der Waals surface area contributed by atoms with Gasteiger partial charge in [-0.25, -0.2) is 0 Å². The molecular weight excluding hydrogens is 452 g/mol. The number of anilines is 1. The second-order valence-corrected chi connectivity index (χ2v) is 11.4. The average molecular weight is 491 g/mol. The van der Waals surface area contributed by atoms with Crippen LogP contribution in [-0.4, -0.2) is 37.5 Å². The molecule has 3 heteroatoms. The highest BCUT2D eigenvalue weighted by Gasteiger charge is 2.45. The fourth-order valence-electron chi connectivity index (χ4n) is 7.00. The molecule has 0 amide bonds. The van der Waals surface area contributed by atoms with Crippen molar-refractivity contribution in [3.8, 4) is 0 Å². The molecule has 0 unspecified atom stereocenters. The van der Waals surface area contributed by atoms with Crippen molar-refractivity contribution in [1.29, 1.82) is 0 Å². The lowest BCUT2D eigenvalue weighted by Gasteiger charge is -2.31. The molecule has 4 aromatic rings. The third-order valence-corrected chi connectivity index (χ3v) is 8.76. The Morgan fingerprint density at radius 1 is 0.811 bits per heavy atom. The van der Waals surface area contributed by atoms with Gasteiger partial charge in [-0.1, -0.05) is 74.5 Å². The van der Waals surface area contributed by atoms with Crippen LogP contribution in [0.2, 0.25) is 0 Å². The van der Waals surface area contributed by atoms with Gasteiger partial charge >= 0.3 is 0 Å². The number of allylic oxidation sites excluding steroid dienone is 1. The van der Waals surface area contributed by atoms with E-state index in [1.807, 2.05) is 0 Å². The smallest absolute Gasteiger partial charge is 0.210 e. The van der Waals surface area contributed by atoms with E-state index in [9.17, 15) is 0 Å². The normalized spacial score (nSPS) is 19.4. The van der Waals surface area contributed by atoms with Crippen LogP contribution in [0.4, 0.5) is 11.4 Å². The Labute approximate surface area is 221 Å². The van der Waals surface area contributed by atoms with Gasteiger partial charge in [-0.2, -0.15) is 11.7 Å². The Morgan fingerprint density at radius 3 is 2.03 bits per heavy atom. The lowest BCUT2D eigenvalue weighted by molar-refractivity contribution is -0.401. The average Bonchev–Trinajstić information content (AvgIpc) is 3.23. The zero-order valence-corrected chi connectivity index (χ0v) is 23.2. The van der Waals surface area contributed by atoms with Crippen LogP contribution in [0.25, 0.3) is 21.5 Å². The third-order valence-electron chi connectivity index (χ3n) is 8.76. The third kappa shape index (κ3) is 3.71. The molecule has 0 N–H and O–H groups in total. The van der Waals surface area contributed by atoms with E-state index in [1.165, 1.54) is 49.8 Å². The van der Waals surface area contributed by atoms with E-state index in [0.717, 1.165) is 13.5 Å². The summed E-state index contributed by atoms with van der Waals surface area (Å²) < 4.78 is 2.39. The number of benzene rings is 4. The zero-order valence-electron chi connectivity index (χ0n) is 23.2. The van der Waals surface area contributed by atoms with E-state index >= 15 is 0 Å². The number of likely N-dealkylation sites (N-methyl/N-ethyl adjacent to an activating group) is 1. The lowest BCUT2D eigenvalue weighted by Crippen LogP contribution is -2.39. The van der Waals surface area contributed by atoms with Gasteiger partial charge in [0, 0.05) is 41.9 Å². The summed E-state index contributed by atoms with van der Waals surface area (Å²) in [5.41, 5.74) is 7.01. The number of nitrogens with zero attached hydrogens (tertiary/aromatic N) is 2. The molecule has 37 heavy (non-hydrogen) atoms. The van der Waals surface area contributed by atoms with Gasteiger partial charge in [-0.05, 0) is 59.5 Å². The topological polar surface area (TPSA) is 29.3 Å². The quantitative estimate of drug-likeness (QED) is 0.298. The van der Waals surface area contributed by atoms with E-state index in [0.29, 0.717) is 6.04 Å². The molecule has 0 radical (unpaired) electrons. The molecule has 6 rings (SSSR count). The van der Waals surface area contributed by atoms with Gasteiger partial charge in [-0.3, -0.25) is 0 Å². The zero-order chi connectivity index (χ0) is 26.5. The molecule has 0 fully saturated rings. The summed E-state index contributed by atoms with van der Waals surface area (Å²) in [6, 6.07) is 27.1. The van der Waals surface area contributed by atoms with Crippen molar-refractivity contribution < 1.29 is 9.68 Å². The van der Waals surface area contributed by atoms with Gasteiger partial charge in [-0.15, -0.1) is 0 Å². The highest BCUT2D eigenvalue weighted by molar-refractivity contribution is 6.07. The van der Waals surface area contributed by atoms with E-state index in [1.54, 1.807) is 0 Å². The minimum absolute atomic E-state index is 0.0439. The predicted octanol–water partition coefficient (Wildman–Crippen LogP) is 6.72. The highest BCUT2D eigenvalue weighted by Crippen LogP contribution is 2.49. The fraction of sp³-hybridized carbons (Fsp3) is 0.324. The van der Waals surface area contributed by atoms with Crippen LogP contribution in [-0.2, 0) is 10.8 Å². The summed E-state index contributed by atoms with van der Waals surface area (Å²) in [6.45, 7) is 9.58. The molecule has 2 aliphatic heterocycles. The van der Waals surface area contributed by atoms with Crippen molar-refractivity contribution in [2.45, 2.75) is 51.0 Å². The Morgan fingerprint density at radius 2 is 1.38 bits per heavy atom. The van der Waals surface area contributed by atoms with Crippen LogP contribution >= 0.6 is 0 Å². The molecule has 3 nitrogen and oxygen atoms in total. The van der Waals surface area contributed by atoms with Crippen molar-refractivity contribution in [3.63, 3.8) is 0 Å². The molecule has 2 aliphatic rings. The Hall–Kier alpha value is -3.43. The van der Waals surface area contributed by atoms with Gasteiger partial charge in [0.05, 0.1) is 5.41 Å². The molecule has 0 aromatic heterocycles. The summed E-state index contributed by atoms with van der Waals surface area (Å²) in [4.78, 5) is 2.50. The Bertz CT molecular complexity index is 1560. The van der Waals surface area contributed by atoms with E-state index in [4.69, 9.17) is 5.11 Å². The first kappa shape index (κ1) is 25.2. The second kappa shape index (κ2) is 9.15. The molecule has 0 spiro atoms. The van der Waals surface area contributed by atoms with Gasteiger partial charge in [0.1, 0.15) is 7.05 Å². The summed E-state index contributed by atoms with van der Waals surface area (Å²) >= 11 is 0. The maximum Gasteiger partial charge on any atom is 0.210 e. The van der Waals surface area contributed by atoms with Crippen LogP contribution < -0.4 is 10.0 Å². The van der Waals surface area contributed by atoms with Crippen molar-refractivity contribution in [1.82, 2.24) is 0 Å². The van der Waals surface area contributed by atoms with Crippen LogP contribution in [0.1, 0.15) is 45.2 Å². The monoisotopic (exact) mass is 490 g/mol. The summed E-state index contributed by atoms with van der Waals surface area (Å²) in [6.07, 6.45) is 5.81. The fourth-order valence-corrected chi connectivity index (χ4v) is 7.00. The first-order chi connectivity index (χ1) is 17.7. The maximum atomic E-state index is 8.25. The molecule has 0 saturated carbocycles. The number of rotatable bonds is 3. The molecule has 0 aliphatic carbocycles. The molecule has 4 aromatic carbocycles. The van der Waals surface area contributed by atoms with Crippen LogP contribution in [0, 0.1) is 0 Å². The van der Waals surface area contributed by atoms with E-state index < -0.39 is 0 Å². The lowest BCUT2D eigenvalue weighted by atomic mass is 9.76. The minimum atomic E-state index is -0.0439. The van der Waals surface area contributed by atoms with E-state index in [2.05, 4.69) is 136 Å². The number of fused-ring (bicyclic) bond motifs is 6. The second-order valence-electron chi connectivity index (χ2n) is 11.4. The van der Waals surface area contributed by atoms with Gasteiger partial charge in [0.2, 0.25) is 5.69 Å². The van der Waals surface area contributed by atoms with Gasteiger partial charge < -0.3 is 10.0 Å². The standard InChI is InChI=1S/C33H35N2.CH3O/c1-32(2)28(34(5)26-20-18-22-12-7-9-14-24(22)30(26)32)16-11-17-29-33(3,4)31-25-15-10-8-13-23(25)19-21-27(31)35(29)6;1-2/h7-16,18-21,29H,17H2,1-6H3;1H3/q+1;-1/t29-;/m1./s1. The number of hydrogen-bond acceptors (Lipinski definition) is 2. The Kier molecular flexibility index (Phi) is 6.24. The van der Waals surface area contributed by atoms with Crippen molar-refractivity contribution in [3.05, 3.63) is 96.1 Å². The highest BCUT2D eigenvalue weighted by atomic mass is 16.2. The van der Waals surface area contributed by atoms with Crippen molar-refractivity contribution in [2.75, 3.05) is 26.1 Å². The molecule has 190 valence electrons. The van der Waals surface area contributed by atoms with Crippen molar-refractivity contribution >= 4 is 38.6 Å². The molecule has 0 saturated heterocycles. The minimum Gasteiger partial charge on any atom is -0.857 e. The first-order valence-electron chi connectivity index (χ1n) is 13.2. The van der Waals surface area contributed by atoms with Crippen LogP contribution in [0.15, 0.2) is 84.9 Å². The van der Waals surface area contributed by atoms with E-state index in [-0.39, 0.29) is 10.8 Å². The van der Waals surface area contributed by atoms with Gasteiger partial charge in [0.25, 0.3) is 0 Å². The maximum absolute atomic E-state index is 8.25. The molecule has 0 bridgehead atoms. The predicted molar refractivity (Wildman–Crippen MR) is 157 cm³/mol.